The molecule has 7 heteroatoms. The molecule has 0 saturated heterocycles. The van der Waals surface area contributed by atoms with E-state index < -0.39 is 24.1 Å². The number of urea groups is 1. The molecule has 0 radical (unpaired) electrons. The number of carbonyl (C=O) groups is 3. The highest BCUT2D eigenvalue weighted by Crippen LogP contribution is 2.16. The zero-order valence-corrected chi connectivity index (χ0v) is 11.9. The zero-order chi connectivity index (χ0) is 15.8. The Kier molecular flexibility index (Phi) is 6.19. The lowest BCUT2D eigenvalue weighted by molar-refractivity contribution is -0.137. The number of hydrogen-bond donors (Lipinski definition) is 4. The van der Waals surface area contributed by atoms with Crippen molar-refractivity contribution in [3.05, 3.63) is 35.9 Å². The van der Waals surface area contributed by atoms with E-state index in [9.17, 15) is 14.4 Å². The van der Waals surface area contributed by atoms with E-state index in [0.717, 1.165) is 0 Å². The number of nitrogens with one attached hydrogen (secondary N) is 3. The summed E-state index contributed by atoms with van der Waals surface area (Å²) in [5.74, 6) is -1.36. The summed E-state index contributed by atoms with van der Waals surface area (Å²) in [6.45, 7) is 1.53. The van der Waals surface area contributed by atoms with E-state index in [4.69, 9.17) is 5.11 Å². The molecule has 1 aromatic carbocycles. The van der Waals surface area contributed by atoms with Crippen molar-refractivity contribution in [2.24, 2.45) is 0 Å². The van der Waals surface area contributed by atoms with Crippen LogP contribution in [0.15, 0.2) is 30.3 Å². The Bertz CT molecular complexity index is 504. The van der Waals surface area contributed by atoms with E-state index in [1.54, 1.807) is 30.3 Å². The molecule has 0 aromatic heterocycles. The number of aliphatic carboxylic acids is 1. The summed E-state index contributed by atoms with van der Waals surface area (Å²) in [6.07, 6.45) is -0.244. The van der Waals surface area contributed by atoms with Crippen molar-refractivity contribution >= 4 is 17.9 Å². The van der Waals surface area contributed by atoms with Gasteiger partial charge in [0.05, 0.1) is 12.5 Å². The predicted octanol–water partition coefficient (Wildman–Crippen LogP) is 0.636. The van der Waals surface area contributed by atoms with Crippen molar-refractivity contribution in [3.8, 4) is 0 Å². The average Bonchev–Trinajstić information content (AvgIpc) is 2.46. The van der Waals surface area contributed by atoms with E-state index >= 15 is 0 Å². The van der Waals surface area contributed by atoms with Gasteiger partial charge in [0.2, 0.25) is 5.91 Å². The monoisotopic (exact) mass is 293 g/mol. The normalized spacial score (nSPS) is 12.9. The third-order valence-electron chi connectivity index (χ3n) is 2.87. The average molecular weight is 293 g/mol. The second-order valence-electron chi connectivity index (χ2n) is 4.51. The van der Waals surface area contributed by atoms with Gasteiger partial charge in [-0.05, 0) is 12.5 Å². The van der Waals surface area contributed by atoms with Crippen molar-refractivity contribution in [1.29, 1.82) is 0 Å². The van der Waals surface area contributed by atoms with E-state index in [0.29, 0.717) is 5.56 Å². The summed E-state index contributed by atoms with van der Waals surface area (Å²) in [6, 6.07) is 6.81. The highest BCUT2D eigenvalue weighted by Gasteiger charge is 2.20. The maximum atomic E-state index is 11.8. The molecule has 0 heterocycles. The van der Waals surface area contributed by atoms with Gasteiger partial charge in [-0.3, -0.25) is 9.59 Å². The van der Waals surface area contributed by atoms with Crippen molar-refractivity contribution < 1.29 is 19.5 Å². The number of carboxylic acids is 1. The molecule has 7 nitrogen and oxygen atoms in total. The van der Waals surface area contributed by atoms with Crippen molar-refractivity contribution in [3.63, 3.8) is 0 Å². The molecular formula is C14H19N3O4. The highest BCUT2D eigenvalue weighted by molar-refractivity contribution is 5.86. The lowest BCUT2D eigenvalue weighted by atomic mass is 10.0. The number of likely N-dealkylation sites (N-methyl/N-ethyl adjacent to an activating group) is 1. The van der Waals surface area contributed by atoms with Gasteiger partial charge in [-0.15, -0.1) is 0 Å². The molecule has 0 spiro atoms. The predicted molar refractivity (Wildman–Crippen MR) is 76.6 cm³/mol. The lowest BCUT2D eigenvalue weighted by Gasteiger charge is -2.19. The Morgan fingerprint density at radius 3 is 2.29 bits per heavy atom. The molecule has 0 aliphatic rings. The molecule has 0 aliphatic heterocycles. The molecular weight excluding hydrogens is 274 g/mol. The van der Waals surface area contributed by atoms with Gasteiger partial charge in [-0.2, -0.15) is 0 Å². The topological polar surface area (TPSA) is 108 Å². The largest absolute Gasteiger partial charge is 0.481 e. The van der Waals surface area contributed by atoms with Crippen molar-refractivity contribution in [2.45, 2.75) is 25.4 Å². The van der Waals surface area contributed by atoms with Gasteiger partial charge in [0.1, 0.15) is 6.04 Å². The van der Waals surface area contributed by atoms with E-state index in [-0.39, 0.29) is 12.3 Å². The standard InChI is InChI=1S/C14H19N3O4/c1-9(13(20)15-2)16-14(21)17-11(8-12(18)19)10-6-4-3-5-7-10/h3-7,9,11H,8H2,1-2H3,(H,15,20)(H,18,19)(H2,16,17,21). The Morgan fingerprint density at radius 2 is 1.76 bits per heavy atom. The van der Waals surface area contributed by atoms with E-state index in [2.05, 4.69) is 16.0 Å². The fraction of sp³-hybridized carbons (Fsp3) is 0.357. The lowest BCUT2D eigenvalue weighted by Crippen LogP contribution is -2.48. The molecule has 2 atom stereocenters. The van der Waals surface area contributed by atoms with E-state index in [1.807, 2.05) is 0 Å². The Morgan fingerprint density at radius 1 is 1.14 bits per heavy atom. The quantitative estimate of drug-likeness (QED) is 0.617. The summed E-state index contributed by atoms with van der Waals surface area (Å²) in [5.41, 5.74) is 0.683. The molecule has 114 valence electrons. The fourth-order valence-electron chi connectivity index (χ4n) is 1.79. The molecule has 21 heavy (non-hydrogen) atoms. The minimum atomic E-state index is -1.02. The van der Waals surface area contributed by atoms with Crippen molar-refractivity contribution in [2.75, 3.05) is 7.05 Å². The molecule has 3 amide bonds. The Hall–Kier alpha value is -2.57. The minimum Gasteiger partial charge on any atom is -0.481 e. The highest BCUT2D eigenvalue weighted by atomic mass is 16.4. The van der Waals surface area contributed by atoms with Crippen LogP contribution in [-0.2, 0) is 9.59 Å². The second-order valence-corrected chi connectivity index (χ2v) is 4.51. The molecule has 1 rings (SSSR count). The van der Waals surface area contributed by atoms with Crippen LogP contribution in [0.2, 0.25) is 0 Å². The summed E-state index contributed by atoms with van der Waals surface area (Å²) in [7, 11) is 1.47. The molecule has 1 aromatic rings. The second kappa shape index (κ2) is 7.88. The van der Waals surface area contributed by atoms with Crippen LogP contribution in [0.1, 0.15) is 24.9 Å². The number of amides is 3. The summed E-state index contributed by atoms with van der Waals surface area (Å²) < 4.78 is 0. The molecule has 0 bridgehead atoms. The summed E-state index contributed by atoms with van der Waals surface area (Å²) in [5, 5.41) is 16.4. The first-order valence-electron chi connectivity index (χ1n) is 6.49. The van der Waals surface area contributed by atoms with Crippen LogP contribution in [-0.4, -0.2) is 36.1 Å². The number of carboxylic acid groups (broad SMARTS) is 1. The van der Waals surface area contributed by atoms with Gasteiger partial charge in [0.25, 0.3) is 0 Å². The third kappa shape index (κ3) is 5.52. The Balaban J connectivity index is 2.71. The minimum absolute atomic E-state index is 0.244. The maximum Gasteiger partial charge on any atom is 0.315 e. The van der Waals surface area contributed by atoms with Gasteiger partial charge < -0.3 is 21.1 Å². The molecule has 4 N–H and O–H groups in total. The van der Waals surface area contributed by atoms with Gasteiger partial charge in [-0.25, -0.2) is 4.79 Å². The summed E-state index contributed by atoms with van der Waals surface area (Å²) in [4.78, 5) is 34.1. The van der Waals surface area contributed by atoms with Crippen LogP contribution in [0.5, 0.6) is 0 Å². The van der Waals surface area contributed by atoms with Crippen LogP contribution < -0.4 is 16.0 Å². The molecule has 2 unspecified atom stereocenters. The molecule has 0 saturated carbocycles. The number of hydrogen-bond acceptors (Lipinski definition) is 3. The van der Waals surface area contributed by atoms with Crippen LogP contribution in [0.3, 0.4) is 0 Å². The fourth-order valence-corrected chi connectivity index (χ4v) is 1.79. The SMILES string of the molecule is CNC(=O)C(C)NC(=O)NC(CC(=O)O)c1ccccc1. The number of carbonyl (C=O) groups excluding carboxylic acids is 2. The smallest absolute Gasteiger partial charge is 0.315 e. The first kappa shape index (κ1) is 16.5. The van der Waals surface area contributed by atoms with Gasteiger partial charge in [0.15, 0.2) is 0 Å². The van der Waals surface area contributed by atoms with Crippen LogP contribution in [0, 0.1) is 0 Å². The molecule has 0 aliphatic carbocycles. The van der Waals surface area contributed by atoms with Crippen LogP contribution >= 0.6 is 0 Å². The first-order chi connectivity index (χ1) is 9.93. The number of benzene rings is 1. The number of rotatable bonds is 6. The van der Waals surface area contributed by atoms with Gasteiger partial charge in [-0.1, -0.05) is 30.3 Å². The van der Waals surface area contributed by atoms with Gasteiger partial charge >= 0.3 is 12.0 Å². The summed E-state index contributed by atoms with van der Waals surface area (Å²) >= 11 is 0. The van der Waals surface area contributed by atoms with Crippen molar-refractivity contribution in [1.82, 2.24) is 16.0 Å². The zero-order valence-electron chi connectivity index (χ0n) is 11.9. The third-order valence-corrected chi connectivity index (χ3v) is 2.87. The maximum absolute atomic E-state index is 11.8. The Labute approximate surface area is 122 Å². The first-order valence-corrected chi connectivity index (χ1v) is 6.49. The van der Waals surface area contributed by atoms with Crippen LogP contribution in [0.25, 0.3) is 0 Å². The van der Waals surface area contributed by atoms with Gasteiger partial charge in [0, 0.05) is 7.05 Å². The van der Waals surface area contributed by atoms with Crippen LogP contribution in [0.4, 0.5) is 4.79 Å². The van der Waals surface area contributed by atoms with E-state index in [1.165, 1.54) is 14.0 Å². The molecule has 0 fully saturated rings.